The molecule has 2 nitrogen and oxygen atoms in total. The van der Waals surface area contributed by atoms with E-state index >= 15 is 0 Å². The van der Waals surface area contributed by atoms with E-state index in [-0.39, 0.29) is 10.3 Å². The predicted octanol–water partition coefficient (Wildman–Crippen LogP) is 3.13. The lowest BCUT2D eigenvalue weighted by Crippen LogP contribution is -2.22. The molecule has 0 unspecified atom stereocenters. The average molecular weight is 244 g/mol. The molecule has 1 rings (SSSR count). The van der Waals surface area contributed by atoms with Crippen molar-refractivity contribution >= 4 is 29.0 Å². The molecule has 0 saturated heterocycles. The number of carbonyl (C=O) groups is 1. The van der Waals surface area contributed by atoms with E-state index in [1.54, 1.807) is 0 Å². The Bertz CT molecular complexity index is 357. The van der Waals surface area contributed by atoms with Crippen molar-refractivity contribution in [2.24, 2.45) is 0 Å². The van der Waals surface area contributed by atoms with Crippen LogP contribution in [0.1, 0.15) is 10.4 Å². The first-order chi connectivity index (χ1) is 6.30. The fraction of sp³-hybridized carbons (Fsp3) is 0.143. The molecule has 0 aliphatic carbocycles. The highest BCUT2D eigenvalue weighted by atomic mass is 35.5. The Morgan fingerprint density at radius 2 is 1.64 bits per heavy atom. The van der Waals surface area contributed by atoms with Gasteiger partial charge in [-0.1, -0.05) is 23.2 Å². The maximum atomic E-state index is 11.9. The minimum absolute atomic E-state index is 0.259. The zero-order valence-electron chi connectivity index (χ0n) is 6.40. The molecule has 0 fully saturated rings. The van der Waals surface area contributed by atoms with E-state index in [2.05, 4.69) is 4.98 Å². The lowest BCUT2D eigenvalue weighted by atomic mass is 10.2. The van der Waals surface area contributed by atoms with Gasteiger partial charge in [-0.3, -0.25) is 4.79 Å². The molecular formula is C7H2Cl2F3NO. The van der Waals surface area contributed by atoms with E-state index in [4.69, 9.17) is 23.2 Å². The van der Waals surface area contributed by atoms with Crippen molar-refractivity contribution in [3.63, 3.8) is 0 Å². The minimum Gasteiger partial charge on any atom is -0.284 e. The third-order valence-corrected chi connectivity index (χ3v) is 1.67. The Balaban J connectivity index is 3.14. The molecule has 7 heteroatoms. The van der Waals surface area contributed by atoms with Crippen LogP contribution in [0.2, 0.25) is 10.3 Å². The molecule has 0 aliphatic heterocycles. The molecule has 0 radical (unpaired) electrons. The Morgan fingerprint density at radius 1 is 1.21 bits per heavy atom. The van der Waals surface area contributed by atoms with Crippen molar-refractivity contribution in [1.82, 2.24) is 4.98 Å². The normalized spacial score (nSPS) is 11.5. The maximum absolute atomic E-state index is 11.9. The van der Waals surface area contributed by atoms with Crippen molar-refractivity contribution in [2.45, 2.75) is 6.18 Å². The smallest absolute Gasteiger partial charge is 0.284 e. The van der Waals surface area contributed by atoms with Crippen LogP contribution in [0, 0.1) is 0 Å². The summed E-state index contributed by atoms with van der Waals surface area (Å²) in [6.07, 6.45) is -4.94. The highest BCUT2D eigenvalue weighted by Gasteiger charge is 2.39. The third kappa shape index (κ3) is 2.59. The summed E-state index contributed by atoms with van der Waals surface area (Å²) in [5.41, 5.74) is -0.623. The molecule has 14 heavy (non-hydrogen) atoms. The number of halogens is 5. The molecule has 0 atom stereocenters. The van der Waals surface area contributed by atoms with Gasteiger partial charge in [-0.15, -0.1) is 0 Å². The lowest BCUT2D eigenvalue weighted by molar-refractivity contribution is -0.0885. The SMILES string of the molecule is O=C(c1cc(Cl)nc(Cl)c1)C(F)(F)F. The largest absolute Gasteiger partial charge is 0.454 e. The van der Waals surface area contributed by atoms with Gasteiger partial charge in [-0.25, -0.2) is 4.98 Å². The van der Waals surface area contributed by atoms with Gasteiger partial charge in [-0.2, -0.15) is 13.2 Å². The fourth-order valence-electron chi connectivity index (χ4n) is 0.760. The summed E-state index contributed by atoms with van der Waals surface area (Å²) in [6.45, 7) is 0. The van der Waals surface area contributed by atoms with Crippen molar-refractivity contribution in [1.29, 1.82) is 0 Å². The molecule has 1 aromatic heterocycles. The van der Waals surface area contributed by atoms with Gasteiger partial charge in [0.15, 0.2) is 0 Å². The molecule has 1 heterocycles. The second-order valence-corrected chi connectivity index (χ2v) is 3.10. The standard InChI is InChI=1S/C7H2Cl2F3NO/c8-4-1-3(2-5(9)13-4)6(14)7(10,11)12/h1-2H. The number of Topliss-reactive ketones (excluding diaryl/α,β-unsaturated/α-hetero) is 1. The van der Waals surface area contributed by atoms with Gasteiger partial charge in [-0.05, 0) is 12.1 Å². The number of alkyl halides is 3. The molecule has 1 aromatic rings. The average Bonchev–Trinajstić information content (AvgIpc) is 1.99. The molecule has 0 amide bonds. The topological polar surface area (TPSA) is 30.0 Å². The molecule has 0 spiro atoms. The Labute approximate surface area is 86.6 Å². The molecule has 0 N–H and O–H groups in total. The fourth-order valence-corrected chi connectivity index (χ4v) is 1.22. The summed E-state index contributed by atoms with van der Waals surface area (Å²) in [4.78, 5) is 14.1. The van der Waals surface area contributed by atoms with Crippen LogP contribution in [-0.4, -0.2) is 16.9 Å². The van der Waals surface area contributed by atoms with Crippen LogP contribution in [-0.2, 0) is 0 Å². The quantitative estimate of drug-likeness (QED) is 0.561. The van der Waals surface area contributed by atoms with E-state index in [1.807, 2.05) is 0 Å². The lowest BCUT2D eigenvalue weighted by Gasteiger charge is -2.05. The van der Waals surface area contributed by atoms with Crippen LogP contribution in [0.15, 0.2) is 12.1 Å². The van der Waals surface area contributed by atoms with Crippen molar-refractivity contribution in [3.8, 4) is 0 Å². The predicted molar refractivity (Wildman–Crippen MR) is 44.6 cm³/mol. The van der Waals surface area contributed by atoms with Crippen LogP contribution in [0.5, 0.6) is 0 Å². The van der Waals surface area contributed by atoms with E-state index in [1.165, 1.54) is 0 Å². The van der Waals surface area contributed by atoms with Crippen molar-refractivity contribution < 1.29 is 18.0 Å². The van der Waals surface area contributed by atoms with Gasteiger partial charge in [0.25, 0.3) is 5.78 Å². The Kier molecular flexibility index (Phi) is 3.01. The van der Waals surface area contributed by atoms with E-state index in [0.29, 0.717) is 0 Å². The van der Waals surface area contributed by atoms with Gasteiger partial charge in [0.2, 0.25) is 0 Å². The van der Waals surface area contributed by atoms with Crippen LogP contribution in [0.25, 0.3) is 0 Å². The highest BCUT2D eigenvalue weighted by Crippen LogP contribution is 2.24. The summed E-state index contributed by atoms with van der Waals surface area (Å²) in [6, 6.07) is 1.62. The number of aromatic nitrogens is 1. The van der Waals surface area contributed by atoms with Crippen molar-refractivity contribution in [3.05, 3.63) is 28.0 Å². The molecular weight excluding hydrogens is 242 g/mol. The second kappa shape index (κ2) is 3.74. The van der Waals surface area contributed by atoms with Crippen LogP contribution in [0.3, 0.4) is 0 Å². The zero-order chi connectivity index (χ0) is 10.9. The molecule has 0 aromatic carbocycles. The summed E-state index contributed by atoms with van der Waals surface area (Å²) in [7, 11) is 0. The monoisotopic (exact) mass is 243 g/mol. The Hall–Kier alpha value is -0.810. The van der Waals surface area contributed by atoms with E-state index < -0.39 is 17.5 Å². The molecule has 0 saturated carbocycles. The maximum Gasteiger partial charge on any atom is 0.454 e. The summed E-state index contributed by atoms with van der Waals surface area (Å²) < 4.78 is 35.8. The number of nitrogens with zero attached hydrogens (tertiary/aromatic N) is 1. The summed E-state index contributed by atoms with van der Waals surface area (Å²) in [5.74, 6) is -2.00. The summed E-state index contributed by atoms with van der Waals surface area (Å²) >= 11 is 10.7. The number of hydrogen-bond donors (Lipinski definition) is 0. The minimum atomic E-state index is -4.94. The zero-order valence-corrected chi connectivity index (χ0v) is 7.91. The van der Waals surface area contributed by atoms with Crippen LogP contribution < -0.4 is 0 Å². The first-order valence-electron chi connectivity index (χ1n) is 3.25. The third-order valence-electron chi connectivity index (χ3n) is 1.28. The second-order valence-electron chi connectivity index (χ2n) is 2.33. The first kappa shape index (κ1) is 11.3. The van der Waals surface area contributed by atoms with Gasteiger partial charge in [0.1, 0.15) is 10.3 Å². The number of hydrogen-bond acceptors (Lipinski definition) is 2. The molecule has 0 bridgehead atoms. The Morgan fingerprint density at radius 3 is 2.00 bits per heavy atom. The first-order valence-corrected chi connectivity index (χ1v) is 4.01. The van der Waals surface area contributed by atoms with Crippen LogP contribution in [0.4, 0.5) is 13.2 Å². The van der Waals surface area contributed by atoms with E-state index in [9.17, 15) is 18.0 Å². The van der Waals surface area contributed by atoms with Gasteiger partial charge < -0.3 is 0 Å². The number of pyridine rings is 1. The van der Waals surface area contributed by atoms with Gasteiger partial charge in [0.05, 0.1) is 0 Å². The van der Waals surface area contributed by atoms with Gasteiger partial charge in [0, 0.05) is 5.56 Å². The highest BCUT2D eigenvalue weighted by molar-refractivity contribution is 6.33. The van der Waals surface area contributed by atoms with Crippen molar-refractivity contribution in [2.75, 3.05) is 0 Å². The molecule has 76 valence electrons. The number of rotatable bonds is 1. The van der Waals surface area contributed by atoms with Gasteiger partial charge >= 0.3 is 6.18 Å². The summed E-state index contributed by atoms with van der Waals surface area (Å²) in [5, 5.41) is -0.518. The number of carbonyl (C=O) groups excluding carboxylic acids is 1. The molecule has 0 aliphatic rings. The van der Waals surface area contributed by atoms with E-state index in [0.717, 1.165) is 12.1 Å². The number of ketones is 1. The van der Waals surface area contributed by atoms with Crippen LogP contribution >= 0.6 is 23.2 Å².